The molecule has 0 aliphatic rings. The van der Waals surface area contributed by atoms with E-state index >= 15 is 0 Å². The van der Waals surface area contributed by atoms with Crippen LogP contribution in [0.25, 0.3) is 10.9 Å². The smallest absolute Gasteiger partial charge is 0.215 e. The molecule has 7 nitrogen and oxygen atoms in total. The molecule has 1 aromatic heterocycles. The maximum atomic E-state index is 13.3. The van der Waals surface area contributed by atoms with Gasteiger partial charge in [-0.1, -0.05) is 24.3 Å². The monoisotopic (exact) mass is 431 g/mol. The minimum absolute atomic E-state index is 0.0567. The van der Waals surface area contributed by atoms with Crippen LogP contribution in [0.3, 0.4) is 0 Å². The summed E-state index contributed by atoms with van der Waals surface area (Å²) < 4.78 is 39.1. The number of benzene rings is 2. The molecule has 2 aromatic carbocycles. The molecular weight excluding hydrogens is 405 g/mol. The van der Waals surface area contributed by atoms with E-state index in [0.717, 1.165) is 34.0 Å². The van der Waals surface area contributed by atoms with Crippen molar-refractivity contribution in [2.45, 2.75) is 18.7 Å². The summed E-state index contributed by atoms with van der Waals surface area (Å²) in [7, 11) is -0.205. The molecule has 0 aliphatic heterocycles. The second-order valence-corrected chi connectivity index (χ2v) is 8.82. The lowest BCUT2D eigenvalue weighted by molar-refractivity contribution is 0.587. The number of sulfonamides is 1. The second kappa shape index (κ2) is 9.73. The van der Waals surface area contributed by atoms with Gasteiger partial charge in [0.1, 0.15) is 5.82 Å². The third-order valence-corrected chi connectivity index (χ3v) is 6.09. The number of nitrogens with one attached hydrogen (secondary N) is 4. The number of guanidine groups is 1. The molecular formula is C21H26FN5O2S. The molecule has 0 aliphatic carbocycles. The molecule has 1 heterocycles. The first-order chi connectivity index (χ1) is 14.4. The summed E-state index contributed by atoms with van der Waals surface area (Å²) in [6.07, 6.45) is 2.65. The number of fused-ring (bicyclic) bond motifs is 1. The molecule has 0 fully saturated rings. The van der Waals surface area contributed by atoms with Gasteiger partial charge in [-0.05, 0) is 48.4 Å². The van der Waals surface area contributed by atoms with Gasteiger partial charge in [-0.3, -0.25) is 4.99 Å². The van der Waals surface area contributed by atoms with Crippen molar-refractivity contribution in [1.82, 2.24) is 20.3 Å². The molecule has 9 heteroatoms. The first-order valence-corrected chi connectivity index (χ1v) is 11.2. The summed E-state index contributed by atoms with van der Waals surface area (Å²) in [5, 5.41) is 7.50. The summed E-state index contributed by atoms with van der Waals surface area (Å²) in [4.78, 5) is 7.31. The summed E-state index contributed by atoms with van der Waals surface area (Å²) in [6, 6.07) is 12.2. The van der Waals surface area contributed by atoms with E-state index in [1.807, 2.05) is 24.4 Å². The Labute approximate surface area is 175 Å². The summed E-state index contributed by atoms with van der Waals surface area (Å²) in [6.45, 7) is 1.17. The van der Waals surface area contributed by atoms with Gasteiger partial charge < -0.3 is 15.6 Å². The molecule has 0 unspecified atom stereocenters. The van der Waals surface area contributed by atoms with Gasteiger partial charge in [0.15, 0.2) is 5.96 Å². The Hall–Kier alpha value is -2.91. The van der Waals surface area contributed by atoms with Crippen LogP contribution in [0, 0.1) is 5.82 Å². The van der Waals surface area contributed by atoms with Crippen LogP contribution in [-0.2, 0) is 28.7 Å². The SMILES string of the molecule is CN=C(NCCc1c[nH]c2cc(F)ccc12)NCc1cccc(CS(=O)(=O)NC)c1. The van der Waals surface area contributed by atoms with Gasteiger partial charge in [-0.2, -0.15) is 0 Å². The number of aromatic amines is 1. The summed E-state index contributed by atoms with van der Waals surface area (Å²) in [5.41, 5.74) is 3.57. The van der Waals surface area contributed by atoms with Gasteiger partial charge in [0, 0.05) is 37.2 Å². The Balaban J connectivity index is 1.52. The normalized spacial score (nSPS) is 12.3. The molecule has 160 valence electrons. The van der Waals surface area contributed by atoms with E-state index in [-0.39, 0.29) is 11.6 Å². The van der Waals surface area contributed by atoms with E-state index in [0.29, 0.717) is 19.0 Å². The number of H-pyrrole nitrogens is 1. The molecule has 0 amide bonds. The van der Waals surface area contributed by atoms with Gasteiger partial charge in [-0.15, -0.1) is 0 Å². The van der Waals surface area contributed by atoms with E-state index in [4.69, 9.17) is 0 Å². The Bertz CT molecular complexity index is 1140. The Morgan fingerprint density at radius 2 is 1.93 bits per heavy atom. The Morgan fingerprint density at radius 1 is 1.13 bits per heavy atom. The lowest BCUT2D eigenvalue weighted by Crippen LogP contribution is -2.37. The average molecular weight is 432 g/mol. The van der Waals surface area contributed by atoms with Gasteiger partial charge in [-0.25, -0.2) is 17.5 Å². The van der Waals surface area contributed by atoms with Crippen LogP contribution < -0.4 is 15.4 Å². The highest BCUT2D eigenvalue weighted by atomic mass is 32.2. The van der Waals surface area contributed by atoms with Crippen LogP contribution in [-0.4, -0.2) is 40.0 Å². The number of hydrogen-bond donors (Lipinski definition) is 4. The number of aromatic nitrogens is 1. The number of nitrogens with zero attached hydrogens (tertiary/aromatic N) is 1. The van der Waals surface area contributed by atoms with Crippen molar-refractivity contribution in [3.05, 3.63) is 71.2 Å². The molecule has 3 rings (SSSR count). The van der Waals surface area contributed by atoms with Gasteiger partial charge in [0.25, 0.3) is 0 Å². The number of halogens is 1. The Morgan fingerprint density at radius 3 is 2.70 bits per heavy atom. The fourth-order valence-electron chi connectivity index (χ4n) is 3.21. The average Bonchev–Trinajstić information content (AvgIpc) is 3.12. The van der Waals surface area contributed by atoms with Crippen molar-refractivity contribution in [3.63, 3.8) is 0 Å². The van der Waals surface area contributed by atoms with Crippen LogP contribution in [0.4, 0.5) is 4.39 Å². The third-order valence-electron chi connectivity index (χ3n) is 4.76. The van der Waals surface area contributed by atoms with Crippen LogP contribution in [0.15, 0.2) is 53.7 Å². The second-order valence-electron chi connectivity index (χ2n) is 6.89. The van der Waals surface area contributed by atoms with E-state index in [1.54, 1.807) is 19.2 Å². The maximum absolute atomic E-state index is 13.3. The van der Waals surface area contributed by atoms with Crippen molar-refractivity contribution < 1.29 is 12.8 Å². The Kier molecular flexibility index (Phi) is 7.07. The fourth-order valence-corrected chi connectivity index (χ4v) is 3.97. The van der Waals surface area contributed by atoms with Crippen molar-refractivity contribution in [1.29, 1.82) is 0 Å². The van der Waals surface area contributed by atoms with Crippen LogP contribution in [0.5, 0.6) is 0 Å². The van der Waals surface area contributed by atoms with E-state index in [2.05, 4.69) is 25.3 Å². The molecule has 30 heavy (non-hydrogen) atoms. The van der Waals surface area contributed by atoms with Crippen LogP contribution in [0.1, 0.15) is 16.7 Å². The molecule has 0 radical (unpaired) electrons. The zero-order valence-corrected chi connectivity index (χ0v) is 17.8. The lowest BCUT2D eigenvalue weighted by Gasteiger charge is -2.12. The molecule has 0 saturated heterocycles. The number of hydrogen-bond acceptors (Lipinski definition) is 3. The molecule has 0 spiro atoms. The predicted molar refractivity (Wildman–Crippen MR) is 118 cm³/mol. The van der Waals surface area contributed by atoms with Crippen molar-refractivity contribution in [3.8, 4) is 0 Å². The largest absolute Gasteiger partial charge is 0.361 e. The van der Waals surface area contributed by atoms with Crippen molar-refractivity contribution in [2.75, 3.05) is 20.6 Å². The zero-order valence-electron chi connectivity index (χ0n) is 17.0. The van der Waals surface area contributed by atoms with Crippen LogP contribution >= 0.6 is 0 Å². The molecule has 4 N–H and O–H groups in total. The van der Waals surface area contributed by atoms with E-state index in [9.17, 15) is 12.8 Å². The quantitative estimate of drug-likeness (QED) is 0.325. The molecule has 3 aromatic rings. The zero-order chi connectivity index (χ0) is 21.6. The van der Waals surface area contributed by atoms with E-state index < -0.39 is 10.0 Å². The summed E-state index contributed by atoms with van der Waals surface area (Å²) >= 11 is 0. The topological polar surface area (TPSA) is 98.4 Å². The van der Waals surface area contributed by atoms with Gasteiger partial charge in [0.2, 0.25) is 10.0 Å². The van der Waals surface area contributed by atoms with Crippen molar-refractivity contribution >= 4 is 26.9 Å². The third kappa shape index (κ3) is 5.80. The first-order valence-electron chi connectivity index (χ1n) is 9.59. The highest BCUT2D eigenvalue weighted by Gasteiger charge is 2.09. The van der Waals surface area contributed by atoms with Gasteiger partial charge in [0.05, 0.1) is 5.75 Å². The standard InChI is InChI=1S/C21H26FN5O2S/c1-23-21(25-9-8-17-13-26-20-11-18(22)6-7-19(17)20)27-12-15-4-3-5-16(10-15)14-30(28,29)24-2/h3-7,10-11,13,24,26H,8-9,12,14H2,1-2H3,(H2,23,25,27). The first kappa shape index (κ1) is 21.8. The van der Waals surface area contributed by atoms with Crippen molar-refractivity contribution in [2.24, 2.45) is 4.99 Å². The molecule has 0 bridgehead atoms. The summed E-state index contributed by atoms with van der Waals surface area (Å²) in [5.74, 6) is 0.333. The maximum Gasteiger partial charge on any atom is 0.215 e. The fraction of sp³-hybridized carbons (Fsp3) is 0.286. The highest BCUT2D eigenvalue weighted by Crippen LogP contribution is 2.19. The highest BCUT2D eigenvalue weighted by molar-refractivity contribution is 7.88. The molecule has 0 atom stereocenters. The van der Waals surface area contributed by atoms with Crippen LogP contribution in [0.2, 0.25) is 0 Å². The number of aliphatic imine (C=N–C) groups is 1. The number of rotatable bonds is 8. The lowest BCUT2D eigenvalue weighted by atomic mass is 10.1. The minimum atomic E-state index is -3.31. The predicted octanol–water partition coefficient (Wildman–Crippen LogP) is 2.26. The minimum Gasteiger partial charge on any atom is -0.361 e. The van der Waals surface area contributed by atoms with Gasteiger partial charge >= 0.3 is 0 Å². The van der Waals surface area contributed by atoms with E-state index in [1.165, 1.54) is 19.2 Å². The molecule has 0 saturated carbocycles.